The molecule has 0 bridgehead atoms. The van der Waals surface area contributed by atoms with E-state index in [2.05, 4.69) is 22.4 Å². The Kier molecular flexibility index (Phi) is 7.44. The second-order valence-electron chi connectivity index (χ2n) is 11.6. The summed E-state index contributed by atoms with van der Waals surface area (Å²) < 4.78 is 35.5. The van der Waals surface area contributed by atoms with Gasteiger partial charge >= 0.3 is 0 Å². The number of benzene rings is 2. The van der Waals surface area contributed by atoms with Crippen molar-refractivity contribution in [3.8, 4) is 29.0 Å². The molecule has 2 atom stereocenters. The van der Waals surface area contributed by atoms with Crippen molar-refractivity contribution in [1.29, 1.82) is 10.5 Å². The minimum atomic E-state index is -2.50. The molecule has 2 heterocycles. The highest BCUT2D eigenvalue weighted by molar-refractivity contribution is 8.24. The zero-order valence-corrected chi connectivity index (χ0v) is 24.0. The fraction of sp³-hybridized carbons (Fsp3) is 0.419. The standard InChI is InChI=1S/C31H33FN6O3S/c32-23-7-10-28(22(17-23)18-33)38-19-27(21-5-8-24(9-6-21)37-13-15-42(40,41)16-14-37)29(36-38)25-3-1-2-4-26(25)30(39)35-31(20-34)11-12-31/h5-10,17,19,25-26,40-41H,1-4,11-16H2,(H,35,39)/t25-,26-/m1/s1. The molecule has 3 N–H and O–H groups in total. The number of halogens is 1. The Balaban J connectivity index is 1.38. The molecule has 1 saturated heterocycles. The van der Waals surface area contributed by atoms with E-state index in [-0.39, 0.29) is 23.3 Å². The molecular weight excluding hydrogens is 555 g/mol. The normalized spacial score (nSPS) is 23.3. The number of rotatable bonds is 6. The Morgan fingerprint density at radius 2 is 1.79 bits per heavy atom. The highest BCUT2D eigenvalue weighted by atomic mass is 32.3. The quantitative estimate of drug-likeness (QED) is 0.342. The molecule has 2 saturated carbocycles. The lowest BCUT2D eigenvalue weighted by Crippen LogP contribution is -2.42. The highest BCUT2D eigenvalue weighted by Crippen LogP contribution is 2.44. The first-order valence-electron chi connectivity index (χ1n) is 14.3. The third kappa shape index (κ3) is 5.60. The summed E-state index contributed by atoms with van der Waals surface area (Å²) in [7, 11) is -2.50. The third-order valence-electron chi connectivity index (χ3n) is 8.77. The molecule has 218 valence electrons. The Morgan fingerprint density at radius 1 is 1.07 bits per heavy atom. The smallest absolute Gasteiger partial charge is 0.225 e. The zero-order chi connectivity index (χ0) is 29.5. The van der Waals surface area contributed by atoms with E-state index in [1.54, 1.807) is 4.68 Å². The SMILES string of the molecule is N#Cc1cc(F)ccc1-n1cc(-c2ccc(N3CCS(O)(O)CC3)cc2)c([C@@H]2CCCC[C@H]2C(=O)NC2(C#N)CC2)n1. The molecule has 11 heteroatoms. The molecule has 42 heavy (non-hydrogen) atoms. The van der Waals surface area contributed by atoms with Crippen LogP contribution >= 0.6 is 10.6 Å². The van der Waals surface area contributed by atoms with Gasteiger partial charge in [-0.2, -0.15) is 26.2 Å². The van der Waals surface area contributed by atoms with Crippen LogP contribution in [0.1, 0.15) is 55.7 Å². The lowest BCUT2D eigenvalue weighted by molar-refractivity contribution is -0.127. The van der Waals surface area contributed by atoms with Crippen LogP contribution in [0.3, 0.4) is 0 Å². The van der Waals surface area contributed by atoms with Gasteiger partial charge in [-0.05, 0) is 61.6 Å². The van der Waals surface area contributed by atoms with E-state index in [1.807, 2.05) is 30.5 Å². The van der Waals surface area contributed by atoms with Crippen LogP contribution in [-0.2, 0) is 4.79 Å². The van der Waals surface area contributed by atoms with E-state index in [1.165, 1.54) is 18.2 Å². The monoisotopic (exact) mass is 588 g/mol. The number of hydrogen-bond donors (Lipinski definition) is 3. The first kappa shape index (κ1) is 28.2. The van der Waals surface area contributed by atoms with Gasteiger partial charge in [-0.25, -0.2) is 9.07 Å². The van der Waals surface area contributed by atoms with E-state index < -0.39 is 21.9 Å². The predicted octanol–water partition coefficient (Wildman–Crippen LogP) is 5.57. The molecule has 1 aromatic heterocycles. The molecular formula is C31H33FN6O3S. The fourth-order valence-electron chi connectivity index (χ4n) is 6.13. The topological polar surface area (TPSA) is 138 Å². The number of hydrogen-bond acceptors (Lipinski definition) is 7. The van der Waals surface area contributed by atoms with Crippen LogP contribution in [-0.4, -0.2) is 54.9 Å². The van der Waals surface area contributed by atoms with Crippen LogP contribution in [0.4, 0.5) is 10.1 Å². The van der Waals surface area contributed by atoms with Gasteiger partial charge in [0, 0.05) is 42.4 Å². The number of nitriles is 2. The van der Waals surface area contributed by atoms with Crippen molar-refractivity contribution in [2.24, 2.45) is 5.92 Å². The Labute approximate surface area is 245 Å². The Hall–Kier alpha value is -3.90. The number of carbonyl (C=O) groups excluding carboxylic acids is 1. The highest BCUT2D eigenvalue weighted by Gasteiger charge is 2.47. The van der Waals surface area contributed by atoms with E-state index in [0.717, 1.165) is 41.8 Å². The molecule has 1 amide bonds. The molecule has 3 aliphatic rings. The lowest BCUT2D eigenvalue weighted by atomic mass is 9.75. The molecule has 1 aliphatic heterocycles. The minimum Gasteiger partial charge on any atom is -0.368 e. The molecule has 2 aliphatic carbocycles. The maximum Gasteiger partial charge on any atom is 0.225 e. The summed E-state index contributed by atoms with van der Waals surface area (Å²) in [6, 6.07) is 16.3. The van der Waals surface area contributed by atoms with Crippen molar-refractivity contribution >= 4 is 22.2 Å². The van der Waals surface area contributed by atoms with Crippen molar-refractivity contribution in [2.45, 2.75) is 50.0 Å². The van der Waals surface area contributed by atoms with Gasteiger partial charge in [-0.3, -0.25) is 13.9 Å². The molecule has 0 radical (unpaired) electrons. The van der Waals surface area contributed by atoms with Gasteiger partial charge in [-0.15, -0.1) is 0 Å². The summed E-state index contributed by atoms with van der Waals surface area (Å²) in [6.45, 7) is 1.13. The third-order valence-corrected chi connectivity index (χ3v) is 10.4. The average Bonchev–Trinajstić information content (AvgIpc) is 3.64. The van der Waals surface area contributed by atoms with Gasteiger partial charge in [-0.1, -0.05) is 25.0 Å². The van der Waals surface area contributed by atoms with E-state index in [4.69, 9.17) is 5.10 Å². The van der Waals surface area contributed by atoms with Gasteiger partial charge < -0.3 is 10.2 Å². The van der Waals surface area contributed by atoms with Gasteiger partial charge in [0.15, 0.2) is 0 Å². The molecule has 3 fully saturated rings. The average molecular weight is 589 g/mol. The summed E-state index contributed by atoms with van der Waals surface area (Å²) in [5, 5.41) is 27.2. The van der Waals surface area contributed by atoms with Crippen molar-refractivity contribution in [2.75, 3.05) is 29.5 Å². The maximum atomic E-state index is 14.0. The Bertz CT molecular complexity index is 1580. The van der Waals surface area contributed by atoms with Crippen LogP contribution in [0.5, 0.6) is 0 Å². The van der Waals surface area contributed by atoms with E-state index >= 15 is 0 Å². The van der Waals surface area contributed by atoms with Crippen molar-refractivity contribution in [1.82, 2.24) is 15.1 Å². The zero-order valence-electron chi connectivity index (χ0n) is 23.2. The molecule has 9 nitrogen and oxygen atoms in total. The summed E-state index contributed by atoms with van der Waals surface area (Å²) in [5.41, 5.74) is 3.29. The van der Waals surface area contributed by atoms with Crippen LogP contribution in [0.25, 0.3) is 16.8 Å². The molecule has 3 aromatic rings. The van der Waals surface area contributed by atoms with Crippen molar-refractivity contribution < 1.29 is 18.3 Å². The number of nitrogens with one attached hydrogen (secondary N) is 1. The van der Waals surface area contributed by atoms with Crippen molar-refractivity contribution in [3.05, 3.63) is 65.7 Å². The van der Waals surface area contributed by atoms with E-state index in [0.29, 0.717) is 49.5 Å². The maximum absolute atomic E-state index is 14.0. The van der Waals surface area contributed by atoms with Crippen molar-refractivity contribution in [3.63, 3.8) is 0 Å². The number of aromatic nitrogens is 2. The lowest BCUT2D eigenvalue weighted by Gasteiger charge is -2.41. The number of amides is 1. The first-order valence-corrected chi connectivity index (χ1v) is 16.2. The van der Waals surface area contributed by atoms with Gasteiger partial charge in [0.25, 0.3) is 0 Å². The molecule has 2 aromatic carbocycles. The summed E-state index contributed by atoms with van der Waals surface area (Å²) in [4.78, 5) is 15.6. The van der Waals surface area contributed by atoms with Crippen LogP contribution < -0.4 is 10.2 Å². The number of anilines is 1. The van der Waals surface area contributed by atoms with Crippen LogP contribution in [0.15, 0.2) is 48.7 Å². The largest absolute Gasteiger partial charge is 0.368 e. The number of nitrogens with zero attached hydrogens (tertiary/aromatic N) is 5. The second-order valence-corrected chi connectivity index (χ2v) is 14.0. The predicted molar refractivity (Wildman–Crippen MR) is 159 cm³/mol. The van der Waals surface area contributed by atoms with Gasteiger partial charge in [0.2, 0.25) is 5.91 Å². The Morgan fingerprint density at radius 3 is 2.45 bits per heavy atom. The van der Waals surface area contributed by atoms with Gasteiger partial charge in [0.05, 0.1) is 34.5 Å². The van der Waals surface area contributed by atoms with Crippen LogP contribution in [0, 0.1) is 34.4 Å². The minimum absolute atomic E-state index is 0.120. The van der Waals surface area contributed by atoms with Gasteiger partial charge in [0.1, 0.15) is 17.4 Å². The van der Waals surface area contributed by atoms with E-state index in [9.17, 15) is 28.8 Å². The summed E-state index contributed by atoms with van der Waals surface area (Å²) in [5.74, 6) is -0.464. The molecule has 6 rings (SSSR count). The molecule has 0 spiro atoms. The van der Waals surface area contributed by atoms with Crippen LogP contribution in [0.2, 0.25) is 0 Å². The number of carbonyl (C=O) groups is 1. The fourth-order valence-corrected chi connectivity index (χ4v) is 7.36. The summed E-state index contributed by atoms with van der Waals surface area (Å²) >= 11 is 0. The molecule has 0 unspecified atom stereocenters. The first-order chi connectivity index (χ1) is 20.2. The second kappa shape index (κ2) is 11.1. The summed E-state index contributed by atoms with van der Waals surface area (Å²) in [6.07, 6.45) is 6.47.